The number of aliphatic carboxylic acids is 1. The van der Waals surface area contributed by atoms with Gasteiger partial charge in [0.2, 0.25) is 0 Å². The molecule has 0 saturated carbocycles. The molecule has 1 fully saturated rings. The van der Waals surface area contributed by atoms with Gasteiger partial charge in [0.15, 0.2) is 0 Å². The molecule has 6 heteroatoms. The SMILES string of the molecule is O=C(O)C1CCCCN1C(=O)c1ccnc(Br)c1. The Morgan fingerprint density at radius 1 is 1.44 bits per heavy atom. The fraction of sp³-hybridized carbons (Fsp3) is 0.417. The number of carbonyl (C=O) groups excluding carboxylic acids is 1. The summed E-state index contributed by atoms with van der Waals surface area (Å²) in [5.74, 6) is -1.18. The maximum absolute atomic E-state index is 12.3. The van der Waals surface area contributed by atoms with Gasteiger partial charge in [0.1, 0.15) is 10.6 Å². The lowest BCUT2D eigenvalue weighted by Gasteiger charge is -2.33. The molecular weight excluding hydrogens is 300 g/mol. The average molecular weight is 313 g/mol. The molecule has 1 aliphatic rings. The van der Waals surface area contributed by atoms with Crippen LogP contribution in [0.3, 0.4) is 0 Å². The summed E-state index contributed by atoms with van der Waals surface area (Å²) in [7, 11) is 0. The molecule has 1 aromatic heterocycles. The standard InChI is InChI=1S/C12H13BrN2O3/c13-10-7-8(4-5-14-10)11(16)15-6-2-1-3-9(15)12(17)18/h4-5,7,9H,1-3,6H2,(H,17,18). The number of hydrogen-bond acceptors (Lipinski definition) is 3. The minimum absolute atomic E-state index is 0.245. The lowest BCUT2D eigenvalue weighted by atomic mass is 10.0. The highest BCUT2D eigenvalue weighted by atomic mass is 79.9. The van der Waals surface area contributed by atoms with Crippen LogP contribution < -0.4 is 0 Å². The fourth-order valence-electron chi connectivity index (χ4n) is 2.13. The first kappa shape index (κ1) is 13.0. The van der Waals surface area contributed by atoms with Crippen molar-refractivity contribution in [2.45, 2.75) is 25.3 Å². The van der Waals surface area contributed by atoms with E-state index in [4.69, 9.17) is 5.11 Å². The van der Waals surface area contributed by atoms with Gasteiger partial charge in [-0.15, -0.1) is 0 Å². The lowest BCUT2D eigenvalue weighted by Crippen LogP contribution is -2.48. The van der Waals surface area contributed by atoms with Gasteiger partial charge in [0.05, 0.1) is 0 Å². The Balaban J connectivity index is 2.23. The number of nitrogens with zero attached hydrogens (tertiary/aromatic N) is 2. The third-order valence-electron chi connectivity index (χ3n) is 3.02. The Bertz CT molecular complexity index is 478. The van der Waals surface area contributed by atoms with Crippen molar-refractivity contribution in [3.05, 3.63) is 28.5 Å². The fourth-order valence-corrected chi connectivity index (χ4v) is 2.50. The molecule has 0 aliphatic carbocycles. The second kappa shape index (κ2) is 5.48. The number of piperidine rings is 1. The van der Waals surface area contributed by atoms with Gasteiger partial charge in [-0.2, -0.15) is 0 Å². The van der Waals surface area contributed by atoms with E-state index in [1.54, 1.807) is 12.1 Å². The maximum Gasteiger partial charge on any atom is 0.326 e. The first-order valence-corrected chi connectivity index (χ1v) is 6.54. The number of carbonyl (C=O) groups is 2. The Morgan fingerprint density at radius 3 is 2.89 bits per heavy atom. The van der Waals surface area contributed by atoms with E-state index in [2.05, 4.69) is 20.9 Å². The van der Waals surface area contributed by atoms with E-state index >= 15 is 0 Å². The predicted octanol–water partition coefficient (Wildman–Crippen LogP) is 1.92. The number of rotatable bonds is 2. The second-order valence-electron chi connectivity index (χ2n) is 4.22. The van der Waals surface area contributed by atoms with Gasteiger partial charge in [0.25, 0.3) is 5.91 Å². The monoisotopic (exact) mass is 312 g/mol. The van der Waals surface area contributed by atoms with Crippen LogP contribution >= 0.6 is 15.9 Å². The van der Waals surface area contributed by atoms with E-state index in [0.29, 0.717) is 23.1 Å². The summed E-state index contributed by atoms with van der Waals surface area (Å²) in [6, 6.07) is 2.49. The van der Waals surface area contributed by atoms with E-state index in [9.17, 15) is 9.59 Å². The zero-order valence-corrected chi connectivity index (χ0v) is 11.3. The quantitative estimate of drug-likeness (QED) is 0.847. The maximum atomic E-state index is 12.3. The highest BCUT2D eigenvalue weighted by Gasteiger charge is 2.32. The molecule has 1 N–H and O–H groups in total. The first-order valence-electron chi connectivity index (χ1n) is 5.75. The highest BCUT2D eigenvalue weighted by Crippen LogP contribution is 2.20. The molecule has 1 amide bonds. The minimum atomic E-state index is -0.934. The summed E-state index contributed by atoms with van der Waals surface area (Å²) in [4.78, 5) is 28.8. The molecule has 2 rings (SSSR count). The van der Waals surface area contributed by atoms with Crippen molar-refractivity contribution in [3.8, 4) is 0 Å². The van der Waals surface area contributed by atoms with Crippen LogP contribution in [-0.4, -0.2) is 39.5 Å². The molecule has 0 spiro atoms. The minimum Gasteiger partial charge on any atom is -0.480 e. The molecular formula is C12H13BrN2O3. The third-order valence-corrected chi connectivity index (χ3v) is 3.46. The summed E-state index contributed by atoms with van der Waals surface area (Å²) >= 11 is 3.20. The molecule has 1 saturated heterocycles. The molecule has 1 unspecified atom stereocenters. The largest absolute Gasteiger partial charge is 0.480 e. The van der Waals surface area contributed by atoms with Crippen LogP contribution in [-0.2, 0) is 4.79 Å². The molecule has 18 heavy (non-hydrogen) atoms. The van der Waals surface area contributed by atoms with E-state index in [-0.39, 0.29) is 5.91 Å². The van der Waals surface area contributed by atoms with E-state index in [0.717, 1.165) is 12.8 Å². The van der Waals surface area contributed by atoms with Crippen LogP contribution in [0.25, 0.3) is 0 Å². The molecule has 0 bridgehead atoms. The van der Waals surface area contributed by atoms with Gasteiger partial charge in [-0.3, -0.25) is 4.79 Å². The van der Waals surface area contributed by atoms with E-state index < -0.39 is 12.0 Å². The van der Waals surface area contributed by atoms with Crippen LogP contribution in [0, 0.1) is 0 Å². The number of hydrogen-bond donors (Lipinski definition) is 1. The van der Waals surface area contributed by atoms with Gasteiger partial charge in [-0.25, -0.2) is 9.78 Å². The number of halogens is 1. The molecule has 96 valence electrons. The Labute approximate surface area is 113 Å². The predicted molar refractivity (Wildman–Crippen MR) is 68.2 cm³/mol. The van der Waals surface area contributed by atoms with Crippen LogP contribution in [0.4, 0.5) is 0 Å². The van der Waals surface area contributed by atoms with Crippen molar-refractivity contribution in [1.29, 1.82) is 0 Å². The number of likely N-dealkylation sites (tertiary alicyclic amines) is 1. The molecule has 5 nitrogen and oxygen atoms in total. The van der Waals surface area contributed by atoms with Crippen molar-refractivity contribution >= 4 is 27.8 Å². The summed E-state index contributed by atoms with van der Waals surface area (Å²) in [5.41, 5.74) is 0.463. The van der Waals surface area contributed by atoms with Crippen molar-refractivity contribution < 1.29 is 14.7 Å². The van der Waals surface area contributed by atoms with Gasteiger partial charge >= 0.3 is 5.97 Å². The topological polar surface area (TPSA) is 70.5 Å². The highest BCUT2D eigenvalue weighted by molar-refractivity contribution is 9.10. The van der Waals surface area contributed by atoms with Gasteiger partial charge in [0, 0.05) is 18.3 Å². The number of carboxylic acid groups (broad SMARTS) is 1. The molecule has 0 aromatic carbocycles. The van der Waals surface area contributed by atoms with Gasteiger partial charge in [-0.1, -0.05) is 0 Å². The summed E-state index contributed by atoms with van der Waals surface area (Å²) in [5, 5.41) is 9.14. The molecule has 1 atom stereocenters. The van der Waals surface area contributed by atoms with Gasteiger partial charge < -0.3 is 10.0 Å². The first-order chi connectivity index (χ1) is 8.59. The number of aromatic nitrogens is 1. The smallest absolute Gasteiger partial charge is 0.326 e. The van der Waals surface area contributed by atoms with Crippen molar-refractivity contribution in [2.24, 2.45) is 0 Å². The summed E-state index contributed by atoms with van der Waals surface area (Å²) < 4.78 is 0.567. The molecule has 0 radical (unpaired) electrons. The number of carboxylic acids is 1. The van der Waals surface area contributed by atoms with Crippen molar-refractivity contribution in [2.75, 3.05) is 6.54 Å². The number of pyridine rings is 1. The zero-order chi connectivity index (χ0) is 13.1. The Hall–Kier alpha value is -1.43. The van der Waals surface area contributed by atoms with E-state index in [1.807, 2.05) is 0 Å². The molecule has 2 heterocycles. The molecule has 1 aliphatic heterocycles. The average Bonchev–Trinajstić information content (AvgIpc) is 2.38. The Kier molecular flexibility index (Phi) is 3.96. The van der Waals surface area contributed by atoms with Crippen molar-refractivity contribution in [1.82, 2.24) is 9.88 Å². The normalized spacial score (nSPS) is 19.6. The van der Waals surface area contributed by atoms with E-state index in [1.165, 1.54) is 11.1 Å². The third kappa shape index (κ3) is 2.69. The molecule has 1 aromatic rings. The second-order valence-corrected chi connectivity index (χ2v) is 5.03. The Morgan fingerprint density at radius 2 is 2.22 bits per heavy atom. The van der Waals surface area contributed by atoms with Crippen LogP contribution in [0.15, 0.2) is 22.9 Å². The summed E-state index contributed by atoms with van der Waals surface area (Å²) in [6.45, 7) is 0.496. The zero-order valence-electron chi connectivity index (χ0n) is 9.67. The van der Waals surface area contributed by atoms with Crippen LogP contribution in [0.5, 0.6) is 0 Å². The van der Waals surface area contributed by atoms with Crippen molar-refractivity contribution in [3.63, 3.8) is 0 Å². The van der Waals surface area contributed by atoms with Crippen LogP contribution in [0.1, 0.15) is 29.6 Å². The lowest BCUT2D eigenvalue weighted by molar-refractivity contribution is -0.143. The number of amides is 1. The van der Waals surface area contributed by atoms with Crippen LogP contribution in [0.2, 0.25) is 0 Å². The summed E-state index contributed by atoms with van der Waals surface area (Å²) in [6.07, 6.45) is 3.74. The van der Waals surface area contributed by atoms with Gasteiger partial charge in [-0.05, 0) is 47.3 Å².